The average molecular weight is 466 g/mol. The summed E-state index contributed by atoms with van der Waals surface area (Å²) in [5, 5.41) is 11.4. The molecule has 0 spiro atoms. The minimum Gasteiger partial charge on any atom is -0.415 e. The second kappa shape index (κ2) is 8.32. The Morgan fingerprint density at radius 1 is 1.12 bits per heavy atom. The zero-order valence-corrected chi connectivity index (χ0v) is 19.7. The molecule has 0 bridgehead atoms. The number of aromatic nitrogens is 2. The molecular formula is C22H26F3N3O3Si. The van der Waals surface area contributed by atoms with Crippen LogP contribution in [-0.2, 0) is 17.1 Å². The van der Waals surface area contributed by atoms with E-state index in [0.717, 1.165) is 10.6 Å². The van der Waals surface area contributed by atoms with Gasteiger partial charge in [0.1, 0.15) is 0 Å². The van der Waals surface area contributed by atoms with E-state index in [9.17, 15) is 23.3 Å². The molecule has 3 aromatic rings. The lowest BCUT2D eigenvalue weighted by Gasteiger charge is -2.36. The van der Waals surface area contributed by atoms with Crippen molar-refractivity contribution in [3.63, 3.8) is 0 Å². The molecular weight excluding hydrogens is 439 g/mol. The van der Waals surface area contributed by atoms with E-state index in [-0.39, 0.29) is 40.5 Å². The number of fused-ring (bicyclic) bond motifs is 1. The van der Waals surface area contributed by atoms with Gasteiger partial charge in [0, 0.05) is 24.2 Å². The lowest BCUT2D eigenvalue weighted by Crippen LogP contribution is -2.41. The van der Waals surface area contributed by atoms with E-state index in [4.69, 9.17) is 4.43 Å². The number of nitro benzene ring substituents is 1. The molecule has 6 nitrogen and oxygen atoms in total. The van der Waals surface area contributed by atoms with E-state index in [2.05, 4.69) is 4.98 Å². The lowest BCUT2D eigenvalue weighted by molar-refractivity contribution is -0.384. The molecule has 0 aliphatic carbocycles. The Morgan fingerprint density at radius 3 is 2.28 bits per heavy atom. The fourth-order valence-corrected chi connectivity index (χ4v) is 4.24. The second-order valence-corrected chi connectivity index (χ2v) is 14.0. The van der Waals surface area contributed by atoms with Crippen molar-refractivity contribution >= 4 is 25.0 Å². The van der Waals surface area contributed by atoms with E-state index in [1.165, 1.54) is 6.07 Å². The van der Waals surface area contributed by atoms with Gasteiger partial charge in [-0.15, -0.1) is 0 Å². The highest BCUT2D eigenvalue weighted by Gasteiger charge is 2.40. The molecule has 10 heteroatoms. The molecule has 2 aromatic carbocycles. The van der Waals surface area contributed by atoms with Crippen LogP contribution in [0.25, 0.3) is 22.2 Å². The van der Waals surface area contributed by atoms with Gasteiger partial charge in [-0.3, -0.25) is 10.1 Å². The first-order valence-electron chi connectivity index (χ1n) is 10.2. The minimum absolute atomic E-state index is 0.0500. The number of imidazole rings is 1. The molecule has 0 aliphatic heterocycles. The monoisotopic (exact) mass is 465 g/mol. The highest BCUT2D eigenvalue weighted by molar-refractivity contribution is 6.74. The summed E-state index contributed by atoms with van der Waals surface area (Å²) in [7, 11) is -2.18. The molecule has 0 radical (unpaired) electrons. The maximum atomic E-state index is 13.9. The largest absolute Gasteiger partial charge is 0.449 e. The second-order valence-electron chi connectivity index (χ2n) is 9.18. The Balaban J connectivity index is 2.16. The molecule has 0 unspecified atom stereocenters. The zero-order chi connectivity index (χ0) is 23.9. The quantitative estimate of drug-likeness (QED) is 0.232. The summed E-state index contributed by atoms with van der Waals surface area (Å²) in [5.41, 5.74) is 0.670. The molecule has 32 heavy (non-hydrogen) atoms. The maximum Gasteiger partial charge on any atom is 0.449 e. The van der Waals surface area contributed by atoms with Gasteiger partial charge >= 0.3 is 6.18 Å². The smallest absolute Gasteiger partial charge is 0.415 e. The molecule has 0 saturated heterocycles. The molecule has 1 heterocycles. The highest BCUT2D eigenvalue weighted by atomic mass is 28.4. The van der Waals surface area contributed by atoms with E-state index in [1.54, 1.807) is 30.3 Å². The summed E-state index contributed by atoms with van der Waals surface area (Å²) < 4.78 is 48.7. The number of halogens is 3. The number of nitrogens with zero attached hydrogens (tertiary/aromatic N) is 3. The van der Waals surface area contributed by atoms with Crippen LogP contribution in [0.5, 0.6) is 0 Å². The van der Waals surface area contributed by atoms with Gasteiger partial charge in [-0.2, -0.15) is 13.2 Å². The summed E-state index contributed by atoms with van der Waals surface area (Å²) >= 11 is 0. The van der Waals surface area contributed by atoms with E-state index >= 15 is 0 Å². The molecule has 172 valence electrons. The molecule has 0 aliphatic rings. The third-order valence-electron chi connectivity index (χ3n) is 5.97. The minimum atomic E-state index is -4.72. The summed E-state index contributed by atoms with van der Waals surface area (Å²) in [5.74, 6) is -1.09. The summed E-state index contributed by atoms with van der Waals surface area (Å²) in [4.78, 5) is 14.8. The molecule has 0 amide bonds. The van der Waals surface area contributed by atoms with Crippen LogP contribution in [0.4, 0.5) is 18.9 Å². The fourth-order valence-electron chi connectivity index (χ4n) is 3.20. The van der Waals surface area contributed by atoms with Crippen LogP contribution in [0.15, 0.2) is 42.5 Å². The number of benzene rings is 2. The normalized spacial score (nSPS) is 13.0. The van der Waals surface area contributed by atoms with Gasteiger partial charge in [0.15, 0.2) is 8.32 Å². The molecule has 0 atom stereocenters. The highest BCUT2D eigenvalue weighted by Crippen LogP contribution is 2.39. The van der Waals surface area contributed by atoms with E-state index < -0.39 is 25.2 Å². The van der Waals surface area contributed by atoms with Gasteiger partial charge in [-0.05, 0) is 23.7 Å². The lowest BCUT2D eigenvalue weighted by atomic mass is 10.0. The first-order chi connectivity index (χ1) is 14.7. The Bertz CT molecular complexity index is 1140. The number of hydrogen-bond donors (Lipinski definition) is 0. The van der Waals surface area contributed by atoms with Crippen LogP contribution < -0.4 is 0 Å². The van der Waals surface area contributed by atoms with Crippen LogP contribution >= 0.6 is 0 Å². The first-order valence-corrected chi connectivity index (χ1v) is 13.1. The molecule has 1 aromatic heterocycles. The van der Waals surface area contributed by atoms with Crippen LogP contribution in [0.1, 0.15) is 26.6 Å². The van der Waals surface area contributed by atoms with E-state index in [1.807, 2.05) is 33.9 Å². The van der Waals surface area contributed by atoms with Crippen molar-refractivity contribution in [3.8, 4) is 11.1 Å². The van der Waals surface area contributed by atoms with Crippen molar-refractivity contribution in [2.75, 3.05) is 6.61 Å². The third-order valence-corrected chi connectivity index (χ3v) is 10.5. The SMILES string of the molecule is CC(C)(C)[Si](C)(C)OCCn1c(C(F)(F)F)nc2c(-c3ccccc3)cc([N+](=O)[O-])cc21. The predicted molar refractivity (Wildman–Crippen MR) is 120 cm³/mol. The van der Waals surface area contributed by atoms with Crippen LogP contribution in [0.2, 0.25) is 18.1 Å². The predicted octanol–water partition coefficient (Wildman–Crippen LogP) is 6.65. The summed E-state index contributed by atoms with van der Waals surface area (Å²) in [6.45, 7) is 10.1. The third kappa shape index (κ3) is 4.70. The van der Waals surface area contributed by atoms with Gasteiger partial charge in [0.25, 0.3) is 5.69 Å². The van der Waals surface area contributed by atoms with Crippen LogP contribution in [0, 0.1) is 10.1 Å². The fraction of sp³-hybridized carbons (Fsp3) is 0.409. The van der Waals surface area contributed by atoms with Gasteiger partial charge in [-0.25, -0.2) is 4.98 Å². The zero-order valence-electron chi connectivity index (χ0n) is 18.7. The van der Waals surface area contributed by atoms with Crippen molar-refractivity contribution < 1.29 is 22.5 Å². The number of alkyl halides is 3. The van der Waals surface area contributed by atoms with Gasteiger partial charge in [0.2, 0.25) is 5.82 Å². The van der Waals surface area contributed by atoms with E-state index in [0.29, 0.717) is 5.56 Å². The average Bonchev–Trinajstić information content (AvgIpc) is 3.06. The standard InChI is InChI=1S/C22H26F3N3O3Si/c1-21(2,3)32(4,5)31-12-11-27-18-14-16(28(29)30)13-17(15-9-7-6-8-10-15)19(18)26-20(27)22(23,24)25/h6-10,13-14H,11-12H2,1-5H3. The van der Waals surface area contributed by atoms with Crippen molar-refractivity contribution in [2.24, 2.45) is 0 Å². The summed E-state index contributed by atoms with van der Waals surface area (Å²) in [6, 6.07) is 11.0. The first kappa shape index (κ1) is 23.9. The molecule has 0 fully saturated rings. The van der Waals surface area contributed by atoms with Crippen molar-refractivity contribution in [3.05, 3.63) is 58.4 Å². The number of non-ortho nitro benzene ring substituents is 1. The van der Waals surface area contributed by atoms with Crippen molar-refractivity contribution in [1.29, 1.82) is 0 Å². The van der Waals surface area contributed by atoms with Gasteiger partial charge in [-0.1, -0.05) is 51.1 Å². The van der Waals surface area contributed by atoms with Gasteiger partial charge in [0.05, 0.1) is 22.6 Å². The Labute approximate surface area is 185 Å². The molecule has 3 rings (SSSR count). The van der Waals surface area contributed by atoms with Crippen molar-refractivity contribution in [2.45, 2.75) is 51.6 Å². The number of hydrogen-bond acceptors (Lipinski definition) is 4. The Kier molecular flexibility index (Phi) is 6.22. The summed E-state index contributed by atoms with van der Waals surface area (Å²) in [6.07, 6.45) is -4.72. The van der Waals surface area contributed by atoms with Crippen LogP contribution in [0.3, 0.4) is 0 Å². The van der Waals surface area contributed by atoms with Crippen LogP contribution in [-0.4, -0.2) is 29.4 Å². The number of rotatable bonds is 6. The Hall–Kier alpha value is -2.72. The maximum absolute atomic E-state index is 13.9. The molecule has 0 saturated carbocycles. The van der Waals surface area contributed by atoms with Gasteiger partial charge < -0.3 is 8.99 Å². The topological polar surface area (TPSA) is 70.2 Å². The molecule has 0 N–H and O–H groups in total. The van der Waals surface area contributed by atoms with Crippen molar-refractivity contribution in [1.82, 2.24) is 9.55 Å². The Morgan fingerprint density at radius 2 is 1.75 bits per heavy atom. The number of nitro groups is 1.